The van der Waals surface area contributed by atoms with Gasteiger partial charge in [-0.3, -0.25) is 20.6 Å². The topological polar surface area (TPSA) is 117 Å². The Labute approximate surface area is 225 Å². The van der Waals surface area contributed by atoms with E-state index in [1.54, 1.807) is 20.8 Å². The third-order valence-corrected chi connectivity index (χ3v) is 5.97. The number of rotatable bonds is 12. The largest absolute Gasteiger partial charge is 0.417 e. The van der Waals surface area contributed by atoms with Crippen LogP contribution in [-0.2, 0) is 4.79 Å². The lowest BCUT2D eigenvalue weighted by Crippen LogP contribution is -2.59. The number of nitrogens with zero attached hydrogens (tertiary/aromatic N) is 4. The van der Waals surface area contributed by atoms with Gasteiger partial charge in [0.15, 0.2) is 0 Å². The molecular weight excluding hydrogens is 523 g/mol. The third-order valence-electron chi connectivity index (χ3n) is 5.97. The molecule has 39 heavy (non-hydrogen) atoms. The van der Waals surface area contributed by atoms with Crippen LogP contribution in [0, 0.1) is 11.3 Å². The minimum Gasteiger partial charge on any atom is -0.392 e. The molecule has 4 N–H and O–H groups in total. The lowest BCUT2D eigenvalue weighted by molar-refractivity contribution is -0.145. The van der Waals surface area contributed by atoms with Crippen LogP contribution in [-0.4, -0.2) is 80.5 Å². The van der Waals surface area contributed by atoms with Crippen LogP contribution in [0.1, 0.15) is 40.5 Å². The summed E-state index contributed by atoms with van der Waals surface area (Å²) < 4.78 is 68.6. The zero-order valence-corrected chi connectivity index (χ0v) is 23.0. The summed E-state index contributed by atoms with van der Waals surface area (Å²) in [6, 6.07) is -0.803. The van der Waals surface area contributed by atoms with E-state index in [1.807, 2.05) is 0 Å². The van der Waals surface area contributed by atoms with Crippen LogP contribution in [0.5, 0.6) is 0 Å². The highest BCUT2D eigenvalue weighted by Crippen LogP contribution is 2.34. The Kier molecular flexibility index (Phi) is 13.0. The molecule has 0 aromatic rings. The van der Waals surface area contributed by atoms with Gasteiger partial charge in [-0.25, -0.2) is 13.8 Å². The number of amides is 1. The highest BCUT2D eigenvalue weighted by molar-refractivity contribution is 6.43. The van der Waals surface area contributed by atoms with E-state index < -0.39 is 54.2 Å². The van der Waals surface area contributed by atoms with Gasteiger partial charge in [-0.1, -0.05) is 19.9 Å². The van der Waals surface area contributed by atoms with Crippen molar-refractivity contribution >= 4 is 30.3 Å². The molecule has 0 aromatic heterocycles. The molecule has 0 saturated carbocycles. The van der Waals surface area contributed by atoms with E-state index in [0.717, 1.165) is 11.0 Å². The molecule has 2 unspecified atom stereocenters. The summed E-state index contributed by atoms with van der Waals surface area (Å²) in [6.45, 7) is 5.29. The van der Waals surface area contributed by atoms with E-state index >= 15 is 0 Å². The first-order valence-corrected chi connectivity index (χ1v) is 12.3. The summed E-state index contributed by atoms with van der Waals surface area (Å²) in [5.74, 6) is -4.70. The molecule has 1 heterocycles. The van der Waals surface area contributed by atoms with E-state index in [9.17, 15) is 26.7 Å². The molecule has 9 nitrogen and oxygen atoms in total. The number of aliphatic imine (C=N–C) groups is 2. The molecule has 1 amide bonds. The maximum Gasteiger partial charge on any atom is 0.417 e. The van der Waals surface area contributed by atoms with Gasteiger partial charge in [-0.05, 0) is 31.8 Å². The standard InChI is InChI=1S/C25H37F5N8O/c1-7-16(3)22(34-12-18(8-2)25(28,29)30)35-14-20-17(4)11-24(26,27)15-38(20)23(39)21(31)19(13-33-6)37-36-10-9-32-5/h8-10,12-13,17,20,31,33,35,37H,7,11,14-15H2,1-6H3/b18-8+,19-13+,22-16+,31-21?,32-9-,34-12-,36-10-. The molecule has 218 valence electrons. The fourth-order valence-corrected chi connectivity index (χ4v) is 3.77. The van der Waals surface area contributed by atoms with Gasteiger partial charge < -0.3 is 15.5 Å². The zero-order valence-electron chi connectivity index (χ0n) is 23.0. The first kappa shape index (κ1) is 33.4. The second-order valence-corrected chi connectivity index (χ2v) is 8.92. The predicted molar refractivity (Wildman–Crippen MR) is 144 cm³/mol. The fraction of sp³-hybridized carbons (Fsp3) is 0.560. The predicted octanol–water partition coefficient (Wildman–Crippen LogP) is 4.03. The molecule has 14 heteroatoms. The molecular formula is C25H37F5N8O. The van der Waals surface area contributed by atoms with Gasteiger partial charge >= 0.3 is 6.18 Å². The lowest BCUT2D eigenvalue weighted by atomic mass is 9.88. The third kappa shape index (κ3) is 10.2. The molecule has 0 spiro atoms. The first-order chi connectivity index (χ1) is 18.2. The van der Waals surface area contributed by atoms with Crippen molar-refractivity contribution in [2.45, 2.75) is 58.7 Å². The average molecular weight is 561 g/mol. The molecule has 0 radical (unpaired) electrons. The van der Waals surface area contributed by atoms with E-state index in [-0.39, 0.29) is 18.1 Å². The van der Waals surface area contributed by atoms with Crippen LogP contribution >= 0.6 is 0 Å². The summed E-state index contributed by atoms with van der Waals surface area (Å²) in [4.78, 5) is 21.9. The van der Waals surface area contributed by atoms with Crippen LogP contribution in [0.3, 0.4) is 0 Å². The van der Waals surface area contributed by atoms with Gasteiger partial charge in [0.25, 0.3) is 11.8 Å². The number of hydrogen-bond donors (Lipinski definition) is 4. The Morgan fingerprint density at radius 2 is 1.92 bits per heavy atom. The number of carbonyl (C=O) groups excluding carboxylic acids is 1. The average Bonchev–Trinajstić information content (AvgIpc) is 2.86. The second-order valence-electron chi connectivity index (χ2n) is 8.92. The number of alkyl halides is 5. The Bertz CT molecular complexity index is 1040. The minimum atomic E-state index is -4.59. The summed E-state index contributed by atoms with van der Waals surface area (Å²) >= 11 is 0. The Morgan fingerprint density at radius 1 is 1.26 bits per heavy atom. The fourth-order valence-electron chi connectivity index (χ4n) is 3.77. The van der Waals surface area contributed by atoms with Gasteiger partial charge in [0.2, 0.25) is 0 Å². The van der Waals surface area contributed by atoms with Crippen molar-refractivity contribution in [3.05, 3.63) is 34.9 Å². The molecule has 2 atom stereocenters. The maximum atomic E-state index is 14.6. The number of nitrogens with one attached hydrogen (secondary N) is 4. The van der Waals surface area contributed by atoms with Crippen molar-refractivity contribution in [3.63, 3.8) is 0 Å². The Balaban J connectivity index is 3.29. The zero-order chi connectivity index (χ0) is 29.8. The second kappa shape index (κ2) is 15.1. The number of allylic oxidation sites excluding steroid dienone is 3. The Hall–Kier alpha value is -3.58. The van der Waals surface area contributed by atoms with Crippen LogP contribution < -0.4 is 16.1 Å². The van der Waals surface area contributed by atoms with Crippen LogP contribution in [0.25, 0.3) is 0 Å². The van der Waals surface area contributed by atoms with Crippen LogP contribution in [0.4, 0.5) is 22.0 Å². The van der Waals surface area contributed by atoms with Crippen molar-refractivity contribution in [3.8, 4) is 0 Å². The van der Waals surface area contributed by atoms with Crippen molar-refractivity contribution in [1.82, 2.24) is 21.0 Å². The molecule has 1 aliphatic rings. The van der Waals surface area contributed by atoms with Crippen molar-refractivity contribution in [1.29, 1.82) is 5.41 Å². The van der Waals surface area contributed by atoms with E-state index in [4.69, 9.17) is 5.41 Å². The van der Waals surface area contributed by atoms with Gasteiger partial charge in [0.1, 0.15) is 17.2 Å². The summed E-state index contributed by atoms with van der Waals surface area (Å²) in [7, 11) is 3.06. The molecule has 1 aliphatic heterocycles. The Morgan fingerprint density at radius 3 is 2.46 bits per heavy atom. The molecule has 1 rings (SSSR count). The highest BCUT2D eigenvalue weighted by Gasteiger charge is 2.46. The number of hydrazone groups is 1. The van der Waals surface area contributed by atoms with Gasteiger partial charge in [0.05, 0.1) is 24.4 Å². The quantitative estimate of drug-likeness (QED) is 0.164. The summed E-state index contributed by atoms with van der Waals surface area (Å²) in [5.41, 5.74) is 1.55. The highest BCUT2D eigenvalue weighted by atomic mass is 19.4. The summed E-state index contributed by atoms with van der Waals surface area (Å²) in [6.07, 6.45) is 0.912. The van der Waals surface area contributed by atoms with Crippen molar-refractivity contribution in [2.24, 2.45) is 21.0 Å². The molecule has 1 saturated heterocycles. The van der Waals surface area contributed by atoms with Crippen molar-refractivity contribution in [2.75, 3.05) is 27.2 Å². The maximum absolute atomic E-state index is 14.6. The smallest absolute Gasteiger partial charge is 0.392 e. The van der Waals surface area contributed by atoms with Gasteiger partial charge in [0, 0.05) is 45.7 Å². The van der Waals surface area contributed by atoms with E-state index in [1.165, 1.54) is 39.6 Å². The molecule has 0 aliphatic carbocycles. The number of likely N-dealkylation sites (tertiary alicyclic amines) is 1. The van der Waals surface area contributed by atoms with Crippen LogP contribution in [0.15, 0.2) is 50.0 Å². The SMILES string of the molecule is C\C=C(/C=N\C(NCC1C(C)CC(F)(F)CN1C(=O)C(=N)/C(=C\NC)N/N=C\C=N/C)=C(\C)CC)C(F)(F)F. The normalized spacial score (nSPS) is 21.5. The van der Waals surface area contributed by atoms with E-state index in [2.05, 4.69) is 31.1 Å². The monoisotopic (exact) mass is 560 g/mol. The number of carbonyl (C=O) groups is 1. The number of piperidine rings is 1. The summed E-state index contributed by atoms with van der Waals surface area (Å²) in [5, 5.41) is 17.8. The lowest BCUT2D eigenvalue weighted by Gasteiger charge is -2.43. The minimum absolute atomic E-state index is 0.0606. The van der Waals surface area contributed by atoms with E-state index in [0.29, 0.717) is 18.2 Å². The number of hydrogen-bond acceptors (Lipinski definition) is 8. The first-order valence-electron chi connectivity index (χ1n) is 12.3. The molecule has 0 bridgehead atoms. The van der Waals surface area contributed by atoms with Gasteiger partial charge in [-0.15, -0.1) is 0 Å². The molecule has 1 fully saturated rings. The number of halogens is 5. The van der Waals surface area contributed by atoms with Crippen LogP contribution in [0.2, 0.25) is 0 Å². The van der Waals surface area contributed by atoms with Gasteiger partial charge in [-0.2, -0.15) is 18.3 Å². The van der Waals surface area contributed by atoms with Crippen molar-refractivity contribution < 1.29 is 26.7 Å². The molecule has 0 aromatic carbocycles.